The van der Waals surface area contributed by atoms with Crippen LogP contribution in [-0.2, 0) is 11.2 Å². The van der Waals surface area contributed by atoms with Gasteiger partial charge in [0.2, 0.25) is 5.91 Å². The topological polar surface area (TPSA) is 67.6 Å². The molecule has 0 fully saturated rings. The second kappa shape index (κ2) is 9.37. The number of amides is 1. The fourth-order valence-electron chi connectivity index (χ4n) is 3.46. The summed E-state index contributed by atoms with van der Waals surface area (Å²) in [5.41, 5.74) is 2.48. The van der Waals surface area contributed by atoms with Gasteiger partial charge < -0.3 is 14.6 Å². The van der Waals surface area contributed by atoms with E-state index in [2.05, 4.69) is 35.3 Å². The number of methoxy groups -OCH3 is 1. The second-order valence-electron chi connectivity index (χ2n) is 6.62. The molecule has 0 saturated carbocycles. The molecule has 3 aromatic rings. The summed E-state index contributed by atoms with van der Waals surface area (Å²) in [5, 5.41) is 8.00. The molecule has 0 spiro atoms. The molecular formula is C22H27N3O3. The predicted molar refractivity (Wildman–Crippen MR) is 109 cm³/mol. The molecule has 148 valence electrons. The van der Waals surface area contributed by atoms with Crippen LogP contribution < -0.4 is 10.1 Å². The largest absolute Gasteiger partial charge is 0.497 e. The second-order valence-corrected chi connectivity index (χ2v) is 6.62. The van der Waals surface area contributed by atoms with Crippen LogP contribution in [0.2, 0.25) is 0 Å². The highest BCUT2D eigenvalue weighted by Gasteiger charge is 2.20. The van der Waals surface area contributed by atoms with Crippen LogP contribution in [0, 0.1) is 0 Å². The monoisotopic (exact) mass is 381 g/mol. The van der Waals surface area contributed by atoms with E-state index in [1.165, 1.54) is 0 Å². The molecule has 0 saturated heterocycles. The third-order valence-corrected chi connectivity index (χ3v) is 5.00. The van der Waals surface area contributed by atoms with Crippen molar-refractivity contribution >= 4 is 16.9 Å². The number of rotatable bonds is 9. The van der Waals surface area contributed by atoms with Crippen molar-refractivity contribution in [3.05, 3.63) is 59.8 Å². The first kappa shape index (κ1) is 19.9. The number of nitrogens with one attached hydrogen (secondary N) is 1. The predicted octanol–water partition coefficient (Wildman–Crippen LogP) is 3.58. The SMILES string of the molecule is CCN(CC)[C@@H](CNC(=O)Cc1noc2ccccc12)c1cccc(OC)c1. The lowest BCUT2D eigenvalue weighted by Crippen LogP contribution is -2.38. The summed E-state index contributed by atoms with van der Waals surface area (Å²) >= 11 is 0. The number of fused-ring (bicyclic) bond motifs is 1. The minimum atomic E-state index is -0.0703. The van der Waals surface area contributed by atoms with Crippen LogP contribution in [0.15, 0.2) is 53.1 Å². The number of hydrogen-bond donors (Lipinski definition) is 1. The molecule has 1 heterocycles. The number of hydrogen-bond acceptors (Lipinski definition) is 5. The first-order valence-corrected chi connectivity index (χ1v) is 9.64. The Balaban J connectivity index is 1.71. The highest BCUT2D eigenvalue weighted by Crippen LogP contribution is 2.24. The maximum absolute atomic E-state index is 12.6. The minimum absolute atomic E-state index is 0.0703. The molecular weight excluding hydrogens is 354 g/mol. The average molecular weight is 381 g/mol. The van der Waals surface area contributed by atoms with Crippen LogP contribution in [0.4, 0.5) is 0 Å². The normalized spacial score (nSPS) is 12.3. The lowest BCUT2D eigenvalue weighted by molar-refractivity contribution is -0.120. The minimum Gasteiger partial charge on any atom is -0.497 e. The molecule has 2 aromatic carbocycles. The van der Waals surface area contributed by atoms with Crippen molar-refractivity contribution in [3.63, 3.8) is 0 Å². The lowest BCUT2D eigenvalue weighted by atomic mass is 10.0. The van der Waals surface area contributed by atoms with Gasteiger partial charge in [0.25, 0.3) is 0 Å². The summed E-state index contributed by atoms with van der Waals surface area (Å²) in [6.45, 7) is 6.55. The Morgan fingerprint density at radius 3 is 2.71 bits per heavy atom. The third-order valence-electron chi connectivity index (χ3n) is 5.00. The highest BCUT2D eigenvalue weighted by atomic mass is 16.5. The molecule has 1 aromatic heterocycles. The van der Waals surface area contributed by atoms with Crippen molar-refractivity contribution in [1.29, 1.82) is 0 Å². The Morgan fingerprint density at radius 2 is 1.96 bits per heavy atom. The number of para-hydroxylation sites is 1. The van der Waals surface area contributed by atoms with E-state index >= 15 is 0 Å². The smallest absolute Gasteiger partial charge is 0.226 e. The number of nitrogens with zero attached hydrogens (tertiary/aromatic N) is 2. The van der Waals surface area contributed by atoms with Crippen molar-refractivity contribution < 1.29 is 14.1 Å². The first-order valence-electron chi connectivity index (χ1n) is 9.64. The van der Waals surface area contributed by atoms with Gasteiger partial charge in [-0.1, -0.05) is 43.3 Å². The molecule has 0 aliphatic carbocycles. The fourth-order valence-corrected chi connectivity index (χ4v) is 3.46. The van der Waals surface area contributed by atoms with Crippen LogP contribution in [0.3, 0.4) is 0 Å². The van der Waals surface area contributed by atoms with Gasteiger partial charge in [0, 0.05) is 11.9 Å². The van der Waals surface area contributed by atoms with E-state index in [1.54, 1.807) is 7.11 Å². The molecule has 0 aliphatic rings. The van der Waals surface area contributed by atoms with Gasteiger partial charge in [0.15, 0.2) is 5.58 Å². The summed E-state index contributed by atoms with van der Waals surface area (Å²) < 4.78 is 10.7. The number of likely N-dealkylation sites (N-methyl/N-ethyl adjacent to an activating group) is 1. The zero-order valence-electron chi connectivity index (χ0n) is 16.6. The lowest BCUT2D eigenvalue weighted by Gasteiger charge is -2.30. The molecule has 0 unspecified atom stereocenters. The van der Waals surface area contributed by atoms with Crippen molar-refractivity contribution in [2.45, 2.75) is 26.3 Å². The van der Waals surface area contributed by atoms with E-state index in [0.29, 0.717) is 17.8 Å². The average Bonchev–Trinajstić information content (AvgIpc) is 3.14. The van der Waals surface area contributed by atoms with Gasteiger partial charge in [-0.3, -0.25) is 9.69 Å². The molecule has 0 aliphatic heterocycles. The highest BCUT2D eigenvalue weighted by molar-refractivity contribution is 5.86. The maximum atomic E-state index is 12.6. The van der Waals surface area contributed by atoms with E-state index in [1.807, 2.05) is 42.5 Å². The molecule has 28 heavy (non-hydrogen) atoms. The Bertz CT molecular complexity index is 918. The molecule has 6 nitrogen and oxygen atoms in total. The Morgan fingerprint density at radius 1 is 1.18 bits per heavy atom. The van der Waals surface area contributed by atoms with E-state index in [0.717, 1.165) is 29.8 Å². The van der Waals surface area contributed by atoms with Gasteiger partial charge in [-0.2, -0.15) is 0 Å². The zero-order chi connectivity index (χ0) is 19.9. The Kier molecular flexibility index (Phi) is 6.66. The van der Waals surface area contributed by atoms with Crippen LogP contribution in [0.1, 0.15) is 31.1 Å². The summed E-state index contributed by atoms with van der Waals surface area (Å²) in [5.74, 6) is 0.745. The molecule has 1 N–H and O–H groups in total. The van der Waals surface area contributed by atoms with E-state index in [-0.39, 0.29) is 18.4 Å². The molecule has 6 heteroatoms. The van der Waals surface area contributed by atoms with Gasteiger partial charge in [-0.25, -0.2) is 0 Å². The van der Waals surface area contributed by atoms with Crippen molar-refractivity contribution in [3.8, 4) is 5.75 Å². The maximum Gasteiger partial charge on any atom is 0.226 e. The van der Waals surface area contributed by atoms with Gasteiger partial charge in [0.1, 0.15) is 11.4 Å². The summed E-state index contributed by atoms with van der Waals surface area (Å²) in [6, 6.07) is 15.7. The summed E-state index contributed by atoms with van der Waals surface area (Å²) in [4.78, 5) is 14.9. The molecule has 0 bridgehead atoms. The molecule has 1 amide bonds. The first-order chi connectivity index (χ1) is 13.7. The van der Waals surface area contributed by atoms with Gasteiger partial charge in [-0.15, -0.1) is 0 Å². The molecule has 0 radical (unpaired) electrons. The Hall–Kier alpha value is -2.86. The summed E-state index contributed by atoms with van der Waals surface area (Å²) in [6.07, 6.45) is 0.195. The third kappa shape index (κ3) is 4.51. The summed E-state index contributed by atoms with van der Waals surface area (Å²) in [7, 11) is 1.66. The Labute approximate surface area is 165 Å². The quantitative estimate of drug-likeness (QED) is 0.614. The van der Waals surface area contributed by atoms with Crippen molar-refractivity contribution in [1.82, 2.24) is 15.4 Å². The van der Waals surface area contributed by atoms with Crippen LogP contribution in [0.5, 0.6) is 5.75 Å². The van der Waals surface area contributed by atoms with Gasteiger partial charge in [0.05, 0.1) is 19.6 Å². The van der Waals surface area contributed by atoms with Crippen LogP contribution >= 0.6 is 0 Å². The van der Waals surface area contributed by atoms with Crippen LogP contribution in [-0.4, -0.2) is 42.7 Å². The molecule has 3 rings (SSSR count). The standard InChI is InChI=1S/C22H27N3O3/c1-4-25(5-2)20(16-9-8-10-17(13-16)27-3)15-23-22(26)14-19-18-11-6-7-12-21(18)28-24-19/h6-13,20H,4-5,14-15H2,1-3H3,(H,23,26)/t20-/m0/s1. The van der Waals surface area contributed by atoms with Gasteiger partial charge >= 0.3 is 0 Å². The fraction of sp³-hybridized carbons (Fsp3) is 0.364. The number of benzene rings is 2. The van der Waals surface area contributed by atoms with Crippen molar-refractivity contribution in [2.24, 2.45) is 0 Å². The van der Waals surface area contributed by atoms with Crippen LogP contribution in [0.25, 0.3) is 11.0 Å². The molecule has 1 atom stereocenters. The number of carbonyl (C=O) groups is 1. The van der Waals surface area contributed by atoms with E-state index in [4.69, 9.17) is 9.26 Å². The van der Waals surface area contributed by atoms with Gasteiger partial charge in [-0.05, 0) is 42.9 Å². The number of carbonyl (C=O) groups excluding carboxylic acids is 1. The number of ether oxygens (including phenoxy) is 1. The zero-order valence-corrected chi connectivity index (χ0v) is 16.6. The van der Waals surface area contributed by atoms with E-state index in [9.17, 15) is 4.79 Å². The van der Waals surface area contributed by atoms with E-state index < -0.39 is 0 Å². The van der Waals surface area contributed by atoms with Crippen molar-refractivity contribution in [2.75, 3.05) is 26.7 Å². The number of aromatic nitrogens is 1.